The van der Waals surface area contributed by atoms with Crippen LogP contribution in [0.5, 0.6) is 0 Å². The molecule has 0 aliphatic carbocycles. The van der Waals surface area contributed by atoms with E-state index in [4.69, 9.17) is 4.42 Å². The van der Waals surface area contributed by atoms with E-state index in [1.165, 1.54) is 13.2 Å². The number of furan rings is 1. The Morgan fingerprint density at radius 3 is 2.90 bits per heavy atom. The normalized spacial score (nSPS) is 13.7. The number of allylic oxidation sites excluding steroid dienone is 1. The third-order valence-corrected chi connectivity index (χ3v) is 3.45. The smallest absolute Gasteiger partial charge is 0.191 e. The molecule has 2 heterocycles. The highest BCUT2D eigenvalue weighted by molar-refractivity contribution is 6.08. The van der Waals surface area contributed by atoms with E-state index < -0.39 is 5.67 Å². The van der Waals surface area contributed by atoms with Crippen LogP contribution in [0.4, 0.5) is 4.39 Å². The van der Waals surface area contributed by atoms with Crippen molar-refractivity contribution >= 4 is 5.78 Å². The zero-order valence-electron chi connectivity index (χ0n) is 12.2. The number of hydrogen-bond donors (Lipinski definition) is 0. The average Bonchev–Trinajstić information content (AvgIpc) is 2.96. The van der Waals surface area contributed by atoms with Crippen LogP contribution in [0.25, 0.3) is 11.3 Å². The fourth-order valence-electron chi connectivity index (χ4n) is 1.97. The first kappa shape index (κ1) is 15.2. The van der Waals surface area contributed by atoms with Crippen molar-refractivity contribution in [3.63, 3.8) is 0 Å². The number of aromatic nitrogens is 1. The first-order valence-corrected chi connectivity index (χ1v) is 6.83. The van der Waals surface area contributed by atoms with Gasteiger partial charge >= 0.3 is 0 Å². The number of nitrogens with zero attached hydrogens (tertiary/aromatic N) is 1. The minimum Gasteiger partial charge on any atom is -0.464 e. The van der Waals surface area contributed by atoms with Crippen molar-refractivity contribution in [3.8, 4) is 11.3 Å². The van der Waals surface area contributed by atoms with Gasteiger partial charge in [-0.05, 0) is 37.1 Å². The Morgan fingerprint density at radius 1 is 1.52 bits per heavy atom. The van der Waals surface area contributed by atoms with Gasteiger partial charge in [0.15, 0.2) is 5.78 Å². The number of Topliss-reactive ketones (excluding diaryl/α,β-unsaturated/α-hetero) is 1. The van der Waals surface area contributed by atoms with Crippen LogP contribution in [-0.2, 0) is 0 Å². The maximum Gasteiger partial charge on any atom is 0.191 e. The number of rotatable bonds is 6. The summed E-state index contributed by atoms with van der Waals surface area (Å²) in [5.41, 5.74) is 0.0000390. The fourth-order valence-corrected chi connectivity index (χ4v) is 1.97. The molecule has 4 heteroatoms. The Morgan fingerprint density at radius 2 is 2.29 bits per heavy atom. The van der Waals surface area contributed by atoms with Crippen molar-refractivity contribution in [3.05, 3.63) is 54.6 Å². The highest BCUT2D eigenvalue weighted by atomic mass is 19.1. The van der Waals surface area contributed by atoms with Crippen LogP contribution in [0.2, 0.25) is 0 Å². The molecule has 2 aromatic heterocycles. The number of hydrogen-bond acceptors (Lipinski definition) is 3. The van der Waals surface area contributed by atoms with Crippen LogP contribution in [-0.4, -0.2) is 16.4 Å². The van der Waals surface area contributed by atoms with Gasteiger partial charge in [-0.15, -0.1) is 0 Å². The second-order valence-electron chi connectivity index (χ2n) is 5.32. The summed E-state index contributed by atoms with van der Waals surface area (Å²) in [5, 5.41) is 0. The molecular weight excluding hydrogens is 269 g/mol. The van der Waals surface area contributed by atoms with E-state index in [1.807, 2.05) is 6.07 Å². The van der Waals surface area contributed by atoms with Gasteiger partial charge in [0.2, 0.25) is 0 Å². The van der Waals surface area contributed by atoms with Crippen LogP contribution in [0.15, 0.2) is 53.4 Å². The molecule has 0 bridgehead atoms. The Balaban J connectivity index is 2.14. The Hall–Kier alpha value is -2.23. The fraction of sp³-hybridized carbons (Fsp3) is 0.294. The van der Waals surface area contributed by atoms with E-state index in [1.54, 1.807) is 31.5 Å². The van der Waals surface area contributed by atoms with Gasteiger partial charge in [0.1, 0.15) is 17.7 Å². The summed E-state index contributed by atoms with van der Waals surface area (Å²) in [6.45, 7) is 6.92. The second kappa shape index (κ2) is 6.04. The minimum absolute atomic E-state index is 0.0236. The Labute approximate surface area is 123 Å². The quantitative estimate of drug-likeness (QED) is 0.575. The lowest BCUT2D eigenvalue weighted by Gasteiger charge is -2.18. The van der Waals surface area contributed by atoms with Gasteiger partial charge in [-0.1, -0.05) is 13.5 Å². The average molecular weight is 287 g/mol. The highest BCUT2D eigenvalue weighted by Crippen LogP contribution is 2.27. The molecule has 2 aromatic rings. The molecule has 110 valence electrons. The number of halogens is 1. The van der Waals surface area contributed by atoms with Gasteiger partial charge < -0.3 is 4.42 Å². The second-order valence-corrected chi connectivity index (χ2v) is 5.32. The molecule has 0 N–H and O–H groups in total. The van der Waals surface area contributed by atoms with Gasteiger partial charge in [-0.25, -0.2) is 4.39 Å². The number of pyridine rings is 1. The Kier molecular flexibility index (Phi) is 4.36. The first-order valence-electron chi connectivity index (χ1n) is 6.83. The first-order chi connectivity index (χ1) is 9.93. The summed E-state index contributed by atoms with van der Waals surface area (Å²) >= 11 is 0. The lowest BCUT2D eigenvalue weighted by atomic mass is 9.92. The van der Waals surface area contributed by atoms with Gasteiger partial charge in [-0.3, -0.25) is 9.78 Å². The van der Waals surface area contributed by atoms with Crippen LogP contribution < -0.4 is 0 Å². The van der Waals surface area contributed by atoms with Gasteiger partial charge in [-0.2, -0.15) is 0 Å². The molecule has 2 rings (SSSR count). The van der Waals surface area contributed by atoms with Gasteiger partial charge in [0.05, 0.1) is 5.56 Å². The van der Waals surface area contributed by atoms with Gasteiger partial charge in [0.25, 0.3) is 0 Å². The van der Waals surface area contributed by atoms with Crippen molar-refractivity contribution in [2.24, 2.45) is 0 Å². The molecular formula is C17H18FNO2. The van der Waals surface area contributed by atoms with Crippen molar-refractivity contribution in [2.75, 3.05) is 0 Å². The molecule has 0 spiro atoms. The molecule has 0 radical (unpaired) electrons. The van der Waals surface area contributed by atoms with E-state index >= 15 is 0 Å². The monoisotopic (exact) mass is 287 g/mol. The molecule has 3 nitrogen and oxygen atoms in total. The van der Waals surface area contributed by atoms with Crippen molar-refractivity contribution in [2.45, 2.75) is 32.4 Å². The molecule has 0 fully saturated rings. The molecule has 1 atom stereocenters. The van der Waals surface area contributed by atoms with E-state index in [-0.39, 0.29) is 17.8 Å². The number of carbonyl (C=O) groups is 1. The van der Waals surface area contributed by atoms with Crippen LogP contribution in [0.1, 0.15) is 37.0 Å². The van der Waals surface area contributed by atoms with Crippen LogP contribution >= 0.6 is 0 Å². The van der Waals surface area contributed by atoms with E-state index in [2.05, 4.69) is 11.6 Å². The molecule has 1 unspecified atom stereocenters. The minimum atomic E-state index is -1.41. The van der Waals surface area contributed by atoms with Crippen molar-refractivity contribution in [1.29, 1.82) is 0 Å². The molecule has 21 heavy (non-hydrogen) atoms. The van der Waals surface area contributed by atoms with Crippen molar-refractivity contribution < 1.29 is 13.6 Å². The summed E-state index contributed by atoms with van der Waals surface area (Å²) < 4.78 is 19.4. The number of ketones is 1. The summed E-state index contributed by atoms with van der Waals surface area (Å²) in [5.74, 6) is 0.268. The summed E-state index contributed by atoms with van der Waals surface area (Å²) in [4.78, 5) is 16.2. The lowest BCUT2D eigenvalue weighted by Crippen LogP contribution is -2.19. The number of alkyl halides is 1. The molecule has 0 aromatic carbocycles. The topological polar surface area (TPSA) is 43.1 Å². The van der Waals surface area contributed by atoms with Gasteiger partial charge in [0, 0.05) is 24.4 Å². The predicted octanol–water partition coefficient (Wildman–Crippen LogP) is 4.61. The predicted molar refractivity (Wildman–Crippen MR) is 79.8 cm³/mol. The maximum absolute atomic E-state index is 14.0. The molecule has 0 aliphatic heterocycles. The third kappa shape index (κ3) is 3.66. The van der Waals surface area contributed by atoms with Crippen LogP contribution in [0.3, 0.4) is 0 Å². The summed E-state index contributed by atoms with van der Waals surface area (Å²) in [6.07, 6.45) is 5.05. The van der Waals surface area contributed by atoms with E-state index in [0.29, 0.717) is 17.7 Å². The largest absolute Gasteiger partial charge is 0.464 e. The lowest BCUT2D eigenvalue weighted by molar-refractivity contribution is 0.100. The third-order valence-electron chi connectivity index (χ3n) is 3.45. The van der Waals surface area contributed by atoms with E-state index in [9.17, 15) is 9.18 Å². The Bertz CT molecular complexity index is 644. The highest BCUT2D eigenvalue weighted by Gasteiger charge is 2.25. The number of carbonyl (C=O) groups excluding carboxylic acids is 1. The SMILES string of the molecule is C=C(CC(C)(F)CC)C(=O)c1coc(-c2cccnc2)c1. The van der Waals surface area contributed by atoms with E-state index in [0.717, 1.165) is 5.56 Å². The molecule has 0 amide bonds. The summed E-state index contributed by atoms with van der Waals surface area (Å²) in [6, 6.07) is 5.25. The maximum atomic E-state index is 14.0. The zero-order chi connectivity index (χ0) is 15.5. The standard InChI is InChI=1S/C17H18FNO2/c1-4-17(3,18)9-12(2)16(20)14-8-15(21-11-14)13-6-5-7-19-10-13/h5-8,10-11H,2,4,9H2,1,3H3. The molecule has 0 saturated carbocycles. The van der Waals surface area contributed by atoms with Crippen molar-refractivity contribution in [1.82, 2.24) is 4.98 Å². The summed E-state index contributed by atoms with van der Waals surface area (Å²) in [7, 11) is 0. The molecule has 0 saturated heterocycles. The molecule has 0 aliphatic rings. The zero-order valence-corrected chi connectivity index (χ0v) is 12.2. The van der Waals surface area contributed by atoms with Crippen LogP contribution in [0, 0.1) is 0 Å².